The highest BCUT2D eigenvalue weighted by molar-refractivity contribution is 7.91. The maximum Gasteiger partial charge on any atom is 0.241 e. The minimum Gasteiger partial charge on any atom is -0.422 e. The van der Waals surface area contributed by atoms with Gasteiger partial charge in [-0.25, -0.2) is 22.3 Å². The minimum absolute atomic E-state index is 0.0141. The molecular formula is C24H20N4O5S3. The summed E-state index contributed by atoms with van der Waals surface area (Å²) in [5.41, 5.74) is 3.31. The number of fused-ring (bicyclic) bond motifs is 1. The smallest absolute Gasteiger partial charge is 0.241 e. The molecule has 0 aliphatic heterocycles. The Balaban J connectivity index is 1.56. The molecule has 12 heteroatoms. The van der Waals surface area contributed by atoms with Crippen molar-refractivity contribution in [2.24, 2.45) is 0 Å². The maximum absolute atomic E-state index is 13.7. The van der Waals surface area contributed by atoms with Gasteiger partial charge in [0.25, 0.3) is 0 Å². The third kappa shape index (κ3) is 5.42. The number of nitrogens with one attached hydrogen (secondary N) is 1. The molecule has 0 spiro atoms. The molecule has 36 heavy (non-hydrogen) atoms. The van der Waals surface area contributed by atoms with Crippen LogP contribution in [0.1, 0.15) is 27.6 Å². The number of hydrogen-bond acceptors (Lipinski definition) is 8. The van der Waals surface area contributed by atoms with Crippen molar-refractivity contribution >= 4 is 42.7 Å². The van der Waals surface area contributed by atoms with Crippen LogP contribution in [0.2, 0.25) is 0 Å². The Labute approximate surface area is 213 Å². The second-order valence-electron chi connectivity index (χ2n) is 7.88. The van der Waals surface area contributed by atoms with Gasteiger partial charge in [0, 0.05) is 0 Å². The summed E-state index contributed by atoms with van der Waals surface area (Å²) in [4.78, 5) is 4.62. The van der Waals surface area contributed by atoms with Crippen LogP contribution in [0.25, 0.3) is 21.3 Å². The Morgan fingerprint density at radius 3 is 2.42 bits per heavy atom. The summed E-state index contributed by atoms with van der Waals surface area (Å²) in [7, 11) is -3.89. The van der Waals surface area contributed by atoms with Gasteiger partial charge in [-0.15, -0.1) is 21.5 Å². The van der Waals surface area contributed by atoms with Crippen LogP contribution >= 0.6 is 11.3 Å². The predicted octanol–water partition coefficient (Wildman–Crippen LogP) is 4.28. The lowest BCUT2D eigenvalue weighted by Crippen LogP contribution is -2.17. The maximum atomic E-state index is 13.7. The van der Waals surface area contributed by atoms with E-state index in [4.69, 9.17) is 8.97 Å². The lowest BCUT2D eigenvalue weighted by Gasteiger charge is -2.12. The van der Waals surface area contributed by atoms with Crippen LogP contribution in [-0.2, 0) is 33.4 Å². The monoisotopic (exact) mass is 540 g/mol. The fraction of sp³-hybridized carbons (Fsp3) is 0.125. The van der Waals surface area contributed by atoms with Crippen molar-refractivity contribution in [3.8, 4) is 11.1 Å². The third-order valence-electron chi connectivity index (χ3n) is 5.36. The third-order valence-corrected chi connectivity index (χ3v) is 8.86. The molecule has 0 aliphatic carbocycles. The van der Waals surface area contributed by atoms with Crippen molar-refractivity contribution < 1.29 is 21.6 Å². The number of nitrogens with zero attached hydrogens (tertiary/aromatic N) is 3. The van der Waals surface area contributed by atoms with Crippen molar-refractivity contribution in [1.82, 2.24) is 19.9 Å². The van der Waals surface area contributed by atoms with Gasteiger partial charge in [-0.2, -0.15) is 0 Å². The van der Waals surface area contributed by atoms with E-state index in [9.17, 15) is 12.6 Å². The molecule has 0 bridgehead atoms. The van der Waals surface area contributed by atoms with E-state index in [0.717, 1.165) is 15.8 Å². The van der Waals surface area contributed by atoms with E-state index in [2.05, 4.69) is 19.9 Å². The van der Waals surface area contributed by atoms with Crippen molar-refractivity contribution in [3.63, 3.8) is 0 Å². The topological polar surface area (TPSA) is 135 Å². The van der Waals surface area contributed by atoms with Crippen LogP contribution in [0.5, 0.6) is 0 Å². The summed E-state index contributed by atoms with van der Waals surface area (Å²) < 4.78 is 55.9. The van der Waals surface area contributed by atoms with Crippen molar-refractivity contribution in [2.45, 2.75) is 17.5 Å². The van der Waals surface area contributed by atoms with Crippen LogP contribution in [0.15, 0.2) is 83.3 Å². The first-order chi connectivity index (χ1) is 17.4. The van der Waals surface area contributed by atoms with Gasteiger partial charge in [-0.1, -0.05) is 66.7 Å². The van der Waals surface area contributed by atoms with Gasteiger partial charge in [0.2, 0.25) is 23.0 Å². The highest BCUT2D eigenvalue weighted by atomic mass is 32.2. The fourth-order valence-electron chi connectivity index (χ4n) is 3.73. The Kier molecular flexibility index (Phi) is 7.03. The lowest BCUT2D eigenvalue weighted by atomic mass is 10.1. The Bertz CT molecular complexity index is 1620. The molecule has 2 N–H and O–H groups in total. The van der Waals surface area contributed by atoms with Gasteiger partial charge in [0.05, 0.1) is 22.5 Å². The largest absolute Gasteiger partial charge is 0.422 e. The minimum atomic E-state index is -3.89. The molecule has 0 fully saturated rings. The first kappa shape index (κ1) is 24.4. The van der Waals surface area contributed by atoms with Crippen LogP contribution in [0.4, 0.5) is 0 Å². The molecule has 2 heterocycles. The number of rotatable bonds is 9. The molecule has 9 nitrogen and oxygen atoms in total. The molecular weight excluding hydrogens is 520 g/mol. The van der Waals surface area contributed by atoms with E-state index in [1.807, 2.05) is 54.6 Å². The molecule has 0 aliphatic rings. The Morgan fingerprint density at radius 2 is 1.69 bits per heavy atom. The summed E-state index contributed by atoms with van der Waals surface area (Å²) >= 11 is -1.03. The van der Waals surface area contributed by atoms with Crippen molar-refractivity contribution in [3.05, 3.63) is 101 Å². The molecule has 0 radical (unpaired) electrons. The number of benzene rings is 3. The molecule has 5 aromatic rings. The number of aromatic nitrogens is 3. The molecule has 2 aromatic heterocycles. The molecule has 0 saturated carbocycles. The van der Waals surface area contributed by atoms with E-state index in [1.54, 1.807) is 24.3 Å². The first-order valence-corrected chi connectivity index (χ1v) is 14.4. The summed E-state index contributed by atoms with van der Waals surface area (Å²) in [6, 6.07) is 24.5. The molecule has 184 valence electrons. The standard InChI is InChI=1S/C24H20N4O5S3/c29-35(30)25-14-21-27-28-23(33-21)22(36(31,32)15-16-7-3-1-4-8-16)24-26-19-12-11-18(13-20(19)34-24)17-9-5-2-6-10-17/h1-13,22,25H,14-15H2,(H,29,30). The quantitative estimate of drug-likeness (QED) is 0.265. The number of sulfone groups is 1. The van der Waals surface area contributed by atoms with Gasteiger partial charge in [-0.3, -0.25) is 4.55 Å². The number of hydrogen-bond donors (Lipinski definition) is 2. The molecule has 5 rings (SSSR count). The van der Waals surface area contributed by atoms with Crippen molar-refractivity contribution in [1.29, 1.82) is 0 Å². The summed E-state index contributed by atoms with van der Waals surface area (Å²) in [5, 5.41) is 6.83. The summed E-state index contributed by atoms with van der Waals surface area (Å²) in [6.07, 6.45) is 0. The lowest BCUT2D eigenvalue weighted by molar-refractivity contribution is 0.442. The van der Waals surface area contributed by atoms with Gasteiger partial charge < -0.3 is 4.42 Å². The van der Waals surface area contributed by atoms with E-state index in [1.165, 1.54) is 11.3 Å². The predicted molar refractivity (Wildman–Crippen MR) is 138 cm³/mol. The van der Waals surface area contributed by atoms with Gasteiger partial charge in [-0.05, 0) is 28.8 Å². The Hall–Kier alpha value is -3.29. The molecule has 2 unspecified atom stereocenters. The fourth-order valence-corrected chi connectivity index (χ4v) is 7.13. The molecule has 2 atom stereocenters. The van der Waals surface area contributed by atoms with Gasteiger partial charge in [0.15, 0.2) is 15.1 Å². The summed E-state index contributed by atoms with van der Waals surface area (Å²) in [6.45, 7) is -0.193. The van der Waals surface area contributed by atoms with E-state index in [0.29, 0.717) is 16.1 Å². The molecule has 3 aromatic carbocycles. The SMILES string of the molecule is O=S(O)NCc1nnc(C(c2nc3ccc(-c4ccccc4)cc3s2)S(=O)(=O)Cc2ccccc2)o1. The summed E-state index contributed by atoms with van der Waals surface area (Å²) in [5.74, 6) is -0.408. The van der Waals surface area contributed by atoms with Crippen molar-refractivity contribution in [2.75, 3.05) is 0 Å². The average Bonchev–Trinajstić information content (AvgIpc) is 3.50. The van der Waals surface area contributed by atoms with E-state index >= 15 is 0 Å². The second kappa shape index (κ2) is 10.4. The average molecular weight is 541 g/mol. The van der Waals surface area contributed by atoms with E-state index < -0.39 is 26.4 Å². The first-order valence-electron chi connectivity index (χ1n) is 10.8. The highest BCUT2D eigenvalue weighted by Gasteiger charge is 2.37. The van der Waals surface area contributed by atoms with Crippen LogP contribution in [0, 0.1) is 0 Å². The van der Waals surface area contributed by atoms with Gasteiger partial charge in [0.1, 0.15) is 5.01 Å². The van der Waals surface area contributed by atoms with Crippen LogP contribution in [-0.4, -0.2) is 32.4 Å². The number of thiazole rings is 1. The second-order valence-corrected chi connectivity index (χ2v) is 11.8. The molecule has 0 amide bonds. The zero-order valence-corrected chi connectivity index (χ0v) is 21.1. The zero-order chi connectivity index (χ0) is 25.1. The normalized spacial score (nSPS) is 13.6. The van der Waals surface area contributed by atoms with Crippen LogP contribution in [0.3, 0.4) is 0 Å². The molecule has 0 saturated heterocycles. The highest BCUT2D eigenvalue weighted by Crippen LogP contribution is 2.38. The van der Waals surface area contributed by atoms with E-state index in [-0.39, 0.29) is 24.1 Å². The van der Waals surface area contributed by atoms with Gasteiger partial charge >= 0.3 is 0 Å². The Morgan fingerprint density at radius 1 is 0.972 bits per heavy atom. The zero-order valence-electron chi connectivity index (χ0n) is 18.6. The van der Waals surface area contributed by atoms with Crippen LogP contribution < -0.4 is 4.72 Å².